The van der Waals surface area contributed by atoms with Crippen LogP contribution in [0.5, 0.6) is 11.8 Å². The van der Waals surface area contributed by atoms with Gasteiger partial charge in [-0.3, -0.25) is 14.2 Å². The van der Waals surface area contributed by atoms with Crippen molar-refractivity contribution in [2.45, 2.75) is 13.8 Å². The summed E-state index contributed by atoms with van der Waals surface area (Å²) < 4.78 is 8.79. The topological polar surface area (TPSA) is 106 Å². The minimum atomic E-state index is -0.300. The predicted octanol–water partition coefficient (Wildman–Crippen LogP) is 1.12. The molecular formula is C21H23N7O3. The lowest BCUT2D eigenvalue weighted by molar-refractivity contribution is -0.114. The Kier molecular flexibility index (Phi) is 5.60. The number of imidazole rings is 1. The van der Waals surface area contributed by atoms with E-state index in [1.54, 1.807) is 42.8 Å². The predicted molar refractivity (Wildman–Crippen MR) is 118 cm³/mol. The number of hydrogen-bond acceptors (Lipinski definition) is 7. The van der Waals surface area contributed by atoms with E-state index in [0.29, 0.717) is 22.9 Å². The number of anilines is 2. The highest BCUT2D eigenvalue weighted by Gasteiger charge is 2.23. The summed E-state index contributed by atoms with van der Waals surface area (Å²) in [5, 5.41) is 5.99. The number of amides is 1. The highest BCUT2D eigenvalue weighted by atomic mass is 16.5. The van der Waals surface area contributed by atoms with Crippen LogP contribution in [0.25, 0.3) is 11.2 Å². The van der Waals surface area contributed by atoms with E-state index in [1.807, 2.05) is 0 Å². The molecule has 0 aliphatic carbocycles. The molecule has 3 aromatic rings. The molecule has 0 bridgehead atoms. The number of carbonyl (C=O) groups is 1. The molecule has 0 spiro atoms. The molecule has 1 aliphatic heterocycles. The third-order valence-electron chi connectivity index (χ3n) is 4.84. The number of aromatic nitrogens is 4. The van der Waals surface area contributed by atoms with Gasteiger partial charge in [0.1, 0.15) is 5.75 Å². The maximum absolute atomic E-state index is 13.1. The number of nitrogens with zero attached hydrogens (tertiary/aromatic N) is 5. The Morgan fingerprint density at radius 1 is 1.19 bits per heavy atom. The highest BCUT2D eigenvalue weighted by molar-refractivity contribution is 5.88. The molecule has 0 saturated carbocycles. The van der Waals surface area contributed by atoms with Crippen molar-refractivity contribution >= 4 is 28.7 Å². The molecule has 2 aromatic heterocycles. The van der Waals surface area contributed by atoms with Gasteiger partial charge in [-0.1, -0.05) is 5.92 Å². The number of nitrogens with one attached hydrogen (secondary N) is 2. The average molecular weight is 421 g/mol. The summed E-state index contributed by atoms with van der Waals surface area (Å²) in [7, 11) is 1.59. The van der Waals surface area contributed by atoms with Gasteiger partial charge < -0.3 is 20.3 Å². The fourth-order valence-electron chi connectivity index (χ4n) is 3.38. The van der Waals surface area contributed by atoms with Gasteiger partial charge in [0.05, 0.1) is 0 Å². The second-order valence-electron chi connectivity index (χ2n) is 7.08. The molecule has 1 amide bonds. The Hall–Kier alpha value is -3.84. The van der Waals surface area contributed by atoms with Crippen LogP contribution in [0.3, 0.4) is 0 Å². The number of benzene rings is 1. The zero-order valence-electron chi connectivity index (χ0n) is 17.6. The zero-order chi connectivity index (χ0) is 22.0. The van der Waals surface area contributed by atoms with Gasteiger partial charge in [-0.05, 0) is 31.2 Å². The Morgan fingerprint density at radius 2 is 1.90 bits per heavy atom. The molecule has 10 heteroatoms. The van der Waals surface area contributed by atoms with Gasteiger partial charge in [0.2, 0.25) is 11.9 Å². The summed E-state index contributed by atoms with van der Waals surface area (Å²) in [5.41, 5.74) is 0.948. The molecule has 3 heterocycles. The van der Waals surface area contributed by atoms with Crippen LogP contribution in [-0.2, 0) is 11.8 Å². The third-order valence-corrected chi connectivity index (χ3v) is 4.84. The minimum absolute atomic E-state index is 0.116. The van der Waals surface area contributed by atoms with E-state index in [-0.39, 0.29) is 23.1 Å². The molecule has 0 atom stereocenters. The van der Waals surface area contributed by atoms with Gasteiger partial charge in [-0.15, -0.1) is 0 Å². The second-order valence-corrected chi connectivity index (χ2v) is 7.08. The summed E-state index contributed by atoms with van der Waals surface area (Å²) >= 11 is 0. The van der Waals surface area contributed by atoms with Crippen LogP contribution < -0.4 is 25.8 Å². The first-order valence-corrected chi connectivity index (χ1v) is 9.91. The van der Waals surface area contributed by atoms with Gasteiger partial charge in [-0.2, -0.15) is 9.97 Å². The number of ether oxygens (including phenoxy) is 1. The first-order chi connectivity index (χ1) is 15.0. The Bertz CT molecular complexity index is 1240. The molecule has 1 aliphatic rings. The van der Waals surface area contributed by atoms with Crippen LogP contribution in [0.1, 0.15) is 13.8 Å². The molecule has 0 radical (unpaired) electrons. The van der Waals surface area contributed by atoms with E-state index in [4.69, 9.17) is 4.74 Å². The van der Waals surface area contributed by atoms with Gasteiger partial charge in [-0.25, -0.2) is 4.57 Å². The van der Waals surface area contributed by atoms with E-state index in [2.05, 4.69) is 37.5 Å². The Balaban J connectivity index is 1.74. The van der Waals surface area contributed by atoms with Gasteiger partial charge in [0.15, 0.2) is 11.2 Å². The van der Waals surface area contributed by atoms with E-state index in [9.17, 15) is 9.59 Å². The van der Waals surface area contributed by atoms with Crippen LogP contribution in [0, 0.1) is 12.0 Å². The number of hydrogen-bond donors (Lipinski definition) is 2. The van der Waals surface area contributed by atoms with Crippen molar-refractivity contribution in [3.63, 3.8) is 0 Å². The Labute approximate surface area is 178 Å². The van der Waals surface area contributed by atoms with Gasteiger partial charge >= 0.3 is 6.01 Å². The minimum Gasteiger partial charge on any atom is -0.425 e. The van der Waals surface area contributed by atoms with Crippen molar-refractivity contribution in [1.82, 2.24) is 24.4 Å². The first-order valence-electron chi connectivity index (χ1n) is 9.91. The second kappa shape index (κ2) is 8.49. The molecule has 1 aromatic carbocycles. The highest BCUT2D eigenvalue weighted by Crippen LogP contribution is 2.24. The smallest absolute Gasteiger partial charge is 0.306 e. The van der Waals surface area contributed by atoms with E-state index in [0.717, 1.165) is 26.2 Å². The molecule has 1 saturated heterocycles. The molecule has 2 N–H and O–H groups in total. The molecule has 4 rings (SSSR count). The first kappa shape index (κ1) is 20.4. The fourth-order valence-corrected chi connectivity index (χ4v) is 3.38. The number of piperazine rings is 1. The number of rotatable bonds is 4. The summed E-state index contributed by atoms with van der Waals surface area (Å²) in [6, 6.07) is 9.88. The molecule has 160 valence electrons. The maximum atomic E-state index is 13.1. The fraction of sp³-hybridized carbons (Fsp3) is 0.333. The zero-order valence-corrected chi connectivity index (χ0v) is 17.6. The lowest BCUT2D eigenvalue weighted by Crippen LogP contribution is -2.44. The SMILES string of the molecule is CC#Cn1c(N2CCNCC2)nc2nc(Oc3ccc(NC(C)=O)cc3)n(C)c(=O)c21. The van der Waals surface area contributed by atoms with Crippen LogP contribution in [-0.4, -0.2) is 51.2 Å². The van der Waals surface area contributed by atoms with Gasteiger partial charge in [0, 0.05) is 51.9 Å². The number of fused-ring (bicyclic) bond motifs is 1. The monoisotopic (exact) mass is 421 g/mol. The van der Waals surface area contributed by atoms with E-state index < -0.39 is 0 Å². The normalized spacial score (nSPS) is 13.6. The van der Waals surface area contributed by atoms with Crippen LogP contribution in [0.15, 0.2) is 29.1 Å². The van der Waals surface area contributed by atoms with Crippen molar-refractivity contribution in [1.29, 1.82) is 0 Å². The standard InChI is InChI=1S/C21H23N7O3/c1-4-11-28-17-18(24-20(28)27-12-9-22-10-13-27)25-21(26(3)19(17)30)31-16-7-5-15(6-8-16)23-14(2)29/h5-8,22H,9-10,12-13H2,1-3H3,(H,23,29). The lowest BCUT2D eigenvalue weighted by Gasteiger charge is -2.27. The van der Waals surface area contributed by atoms with Crippen molar-refractivity contribution in [2.75, 3.05) is 36.4 Å². The quantitative estimate of drug-likeness (QED) is 0.608. The third kappa shape index (κ3) is 4.08. The number of carbonyl (C=O) groups excluding carboxylic acids is 1. The van der Waals surface area contributed by atoms with Crippen molar-refractivity contribution in [3.05, 3.63) is 34.6 Å². The molecule has 31 heavy (non-hydrogen) atoms. The molecular weight excluding hydrogens is 398 g/mol. The van der Waals surface area contributed by atoms with Crippen molar-refractivity contribution in [2.24, 2.45) is 7.05 Å². The summed E-state index contributed by atoms with van der Waals surface area (Å²) in [6.45, 7) is 6.34. The molecule has 1 fully saturated rings. The van der Waals surface area contributed by atoms with Crippen LogP contribution >= 0.6 is 0 Å². The van der Waals surface area contributed by atoms with Crippen LogP contribution in [0.2, 0.25) is 0 Å². The lowest BCUT2D eigenvalue weighted by atomic mass is 10.3. The summed E-state index contributed by atoms with van der Waals surface area (Å²) in [4.78, 5) is 35.5. The van der Waals surface area contributed by atoms with Crippen molar-refractivity contribution in [3.8, 4) is 23.7 Å². The maximum Gasteiger partial charge on any atom is 0.306 e. The summed E-state index contributed by atoms with van der Waals surface area (Å²) in [6.07, 6.45) is 0. The summed E-state index contributed by atoms with van der Waals surface area (Å²) in [5.74, 6) is 3.78. The van der Waals surface area contributed by atoms with E-state index >= 15 is 0 Å². The Morgan fingerprint density at radius 3 is 2.55 bits per heavy atom. The largest absolute Gasteiger partial charge is 0.425 e. The van der Waals surface area contributed by atoms with Crippen LogP contribution in [0.4, 0.5) is 11.6 Å². The van der Waals surface area contributed by atoms with E-state index in [1.165, 1.54) is 11.5 Å². The van der Waals surface area contributed by atoms with Gasteiger partial charge in [0.25, 0.3) is 5.56 Å². The molecule has 0 unspecified atom stereocenters. The van der Waals surface area contributed by atoms with Crippen molar-refractivity contribution < 1.29 is 9.53 Å². The molecule has 10 nitrogen and oxygen atoms in total. The average Bonchev–Trinajstić information content (AvgIpc) is 3.12.